The number of nitrogens with one attached hydrogen (secondary N) is 2. The molecule has 0 unspecified atom stereocenters. The lowest BCUT2D eigenvalue weighted by Crippen LogP contribution is -2.46. The van der Waals surface area contributed by atoms with Crippen LogP contribution in [0.3, 0.4) is 0 Å². The molecule has 0 aliphatic carbocycles. The average molecular weight is 450 g/mol. The van der Waals surface area contributed by atoms with E-state index in [4.69, 9.17) is 0 Å². The zero-order valence-electron chi connectivity index (χ0n) is 17.6. The van der Waals surface area contributed by atoms with E-state index in [9.17, 15) is 18.0 Å². The minimum atomic E-state index is -4.50. The van der Waals surface area contributed by atoms with E-state index in [1.165, 1.54) is 6.92 Å². The summed E-state index contributed by atoms with van der Waals surface area (Å²) in [5.41, 5.74) is 1.80. The second-order valence-corrected chi connectivity index (χ2v) is 8.84. The standard InChI is InChI=1S/C24H23N3O4S/c1-18(20-12-6-3-7-13-20)19(2)32(30,31)27(23(28)25-21-14-8-4-9-15-21)24(29)26-22-16-10-5-11-17-22/h3-17H,1-2H3,(H,25,28)(H,26,29)/b19-18+. The van der Waals surface area contributed by atoms with Crippen molar-refractivity contribution in [1.82, 2.24) is 4.31 Å². The third kappa shape index (κ3) is 5.22. The van der Waals surface area contributed by atoms with Gasteiger partial charge in [0.2, 0.25) is 0 Å². The summed E-state index contributed by atoms with van der Waals surface area (Å²) in [4.78, 5) is 25.9. The van der Waals surface area contributed by atoms with Gasteiger partial charge in [-0.3, -0.25) is 0 Å². The summed E-state index contributed by atoms with van der Waals surface area (Å²) < 4.78 is 27.1. The fourth-order valence-corrected chi connectivity index (χ4v) is 4.23. The number of para-hydroxylation sites is 2. The van der Waals surface area contributed by atoms with Gasteiger partial charge in [0.15, 0.2) is 0 Å². The van der Waals surface area contributed by atoms with Crippen LogP contribution in [0, 0.1) is 0 Å². The first-order chi connectivity index (χ1) is 15.3. The molecule has 0 fully saturated rings. The zero-order chi connectivity index (χ0) is 23.1. The van der Waals surface area contributed by atoms with E-state index in [1.54, 1.807) is 91.9 Å². The topological polar surface area (TPSA) is 95.6 Å². The fraction of sp³-hybridized carbons (Fsp3) is 0.0833. The number of anilines is 2. The Morgan fingerprint density at radius 3 is 1.44 bits per heavy atom. The lowest BCUT2D eigenvalue weighted by atomic mass is 10.1. The predicted octanol–water partition coefficient (Wildman–Crippen LogP) is 5.53. The van der Waals surface area contributed by atoms with Crippen molar-refractivity contribution in [2.75, 3.05) is 10.6 Å². The van der Waals surface area contributed by atoms with Crippen LogP contribution in [0.5, 0.6) is 0 Å². The van der Waals surface area contributed by atoms with Crippen molar-refractivity contribution in [2.24, 2.45) is 0 Å². The molecule has 4 amide bonds. The third-order valence-corrected chi connectivity index (χ3v) is 6.67. The molecule has 0 aliphatic rings. The molecule has 32 heavy (non-hydrogen) atoms. The molecule has 3 aromatic rings. The van der Waals surface area contributed by atoms with Gasteiger partial charge in [-0.2, -0.15) is 0 Å². The number of carbonyl (C=O) groups excluding carboxylic acids is 2. The summed E-state index contributed by atoms with van der Waals surface area (Å²) in [6.07, 6.45) is 0. The minimum absolute atomic E-state index is 0.116. The maximum Gasteiger partial charge on any atom is 0.344 e. The third-order valence-electron chi connectivity index (χ3n) is 4.78. The molecular weight excluding hydrogens is 426 g/mol. The van der Waals surface area contributed by atoms with Gasteiger partial charge in [0, 0.05) is 11.4 Å². The lowest BCUT2D eigenvalue weighted by Gasteiger charge is -2.23. The maximum absolute atomic E-state index is 13.5. The predicted molar refractivity (Wildman–Crippen MR) is 126 cm³/mol. The summed E-state index contributed by atoms with van der Waals surface area (Å²) in [5.74, 6) is 0. The number of sulfonamides is 1. The van der Waals surface area contributed by atoms with Crippen LogP contribution in [-0.4, -0.2) is 24.8 Å². The van der Waals surface area contributed by atoms with Gasteiger partial charge in [-0.25, -0.2) is 18.0 Å². The summed E-state index contributed by atoms with van der Waals surface area (Å²) in [7, 11) is -4.50. The molecule has 0 aromatic heterocycles. The number of allylic oxidation sites excluding steroid dienone is 2. The summed E-state index contributed by atoms with van der Waals surface area (Å²) >= 11 is 0. The molecule has 0 radical (unpaired) electrons. The van der Waals surface area contributed by atoms with Crippen molar-refractivity contribution >= 4 is 39.0 Å². The van der Waals surface area contributed by atoms with E-state index in [-0.39, 0.29) is 9.21 Å². The Morgan fingerprint density at radius 2 is 1.03 bits per heavy atom. The first-order valence-corrected chi connectivity index (χ1v) is 11.2. The van der Waals surface area contributed by atoms with E-state index in [2.05, 4.69) is 10.6 Å². The van der Waals surface area contributed by atoms with Crippen molar-refractivity contribution < 1.29 is 18.0 Å². The molecular formula is C24H23N3O4S. The van der Waals surface area contributed by atoms with Crippen LogP contribution in [0.25, 0.3) is 5.57 Å². The Bertz CT molecular complexity index is 1170. The number of imide groups is 1. The Hall–Kier alpha value is -3.91. The number of carbonyl (C=O) groups is 2. The zero-order valence-corrected chi connectivity index (χ0v) is 18.5. The normalized spacial score (nSPS) is 11.8. The van der Waals surface area contributed by atoms with Crippen LogP contribution in [0.1, 0.15) is 19.4 Å². The van der Waals surface area contributed by atoms with Crippen molar-refractivity contribution in [3.05, 3.63) is 101 Å². The van der Waals surface area contributed by atoms with Gasteiger partial charge in [-0.05, 0) is 49.2 Å². The fourth-order valence-electron chi connectivity index (χ4n) is 2.92. The van der Waals surface area contributed by atoms with E-state index in [1.807, 2.05) is 6.07 Å². The van der Waals surface area contributed by atoms with Crippen LogP contribution in [-0.2, 0) is 10.0 Å². The van der Waals surface area contributed by atoms with Crippen molar-refractivity contribution in [3.8, 4) is 0 Å². The molecule has 7 nitrogen and oxygen atoms in total. The van der Waals surface area contributed by atoms with E-state index in [0.29, 0.717) is 22.5 Å². The van der Waals surface area contributed by atoms with E-state index < -0.39 is 22.1 Å². The average Bonchev–Trinajstić information content (AvgIpc) is 2.79. The maximum atomic E-state index is 13.5. The van der Waals surface area contributed by atoms with Gasteiger partial charge in [0.1, 0.15) is 0 Å². The van der Waals surface area contributed by atoms with Gasteiger partial charge in [-0.1, -0.05) is 66.7 Å². The van der Waals surface area contributed by atoms with Crippen molar-refractivity contribution in [1.29, 1.82) is 0 Å². The Labute approximate surface area is 187 Å². The van der Waals surface area contributed by atoms with Crippen molar-refractivity contribution in [2.45, 2.75) is 13.8 Å². The number of urea groups is 2. The van der Waals surface area contributed by atoms with Gasteiger partial charge < -0.3 is 10.6 Å². The molecule has 0 atom stereocenters. The van der Waals surface area contributed by atoms with Crippen LogP contribution < -0.4 is 10.6 Å². The smallest absolute Gasteiger partial charge is 0.307 e. The van der Waals surface area contributed by atoms with Crippen LogP contribution in [0.15, 0.2) is 95.9 Å². The minimum Gasteiger partial charge on any atom is -0.307 e. The monoisotopic (exact) mass is 449 g/mol. The summed E-state index contributed by atoms with van der Waals surface area (Å²) in [6.45, 7) is 3.00. The second kappa shape index (κ2) is 9.93. The van der Waals surface area contributed by atoms with Gasteiger partial charge in [0.05, 0.1) is 4.91 Å². The molecule has 8 heteroatoms. The van der Waals surface area contributed by atoms with Crippen LogP contribution in [0.2, 0.25) is 0 Å². The van der Waals surface area contributed by atoms with Crippen LogP contribution in [0.4, 0.5) is 21.0 Å². The molecule has 0 bridgehead atoms. The van der Waals surface area contributed by atoms with Gasteiger partial charge >= 0.3 is 12.1 Å². The first-order valence-electron chi connectivity index (χ1n) is 9.81. The molecule has 0 saturated heterocycles. The number of nitrogens with zero attached hydrogens (tertiary/aromatic N) is 1. The largest absolute Gasteiger partial charge is 0.344 e. The molecule has 3 rings (SSSR count). The molecule has 0 spiro atoms. The van der Waals surface area contributed by atoms with Crippen molar-refractivity contribution in [3.63, 3.8) is 0 Å². The number of hydrogen-bond donors (Lipinski definition) is 2. The molecule has 2 N–H and O–H groups in total. The molecule has 0 saturated carbocycles. The van der Waals surface area contributed by atoms with Gasteiger partial charge in [0.25, 0.3) is 10.0 Å². The Balaban J connectivity index is 2.01. The SMILES string of the molecule is C/C(=C(/C)S(=O)(=O)N(C(=O)Nc1ccccc1)C(=O)Nc1ccccc1)c1ccccc1. The Morgan fingerprint density at radius 1 is 0.656 bits per heavy atom. The Kier molecular flexibility index (Phi) is 7.07. The number of benzene rings is 3. The summed E-state index contributed by atoms with van der Waals surface area (Å²) in [5, 5.41) is 4.95. The highest BCUT2D eigenvalue weighted by atomic mass is 32.2. The first kappa shape index (κ1) is 22.8. The molecule has 0 heterocycles. The highest BCUT2D eigenvalue weighted by Crippen LogP contribution is 2.25. The van der Waals surface area contributed by atoms with E-state index in [0.717, 1.165) is 0 Å². The quantitative estimate of drug-likeness (QED) is 0.535. The highest BCUT2D eigenvalue weighted by molar-refractivity contribution is 7.94. The number of amides is 4. The molecule has 3 aromatic carbocycles. The van der Waals surface area contributed by atoms with Crippen LogP contribution >= 0.6 is 0 Å². The molecule has 164 valence electrons. The van der Waals surface area contributed by atoms with E-state index >= 15 is 0 Å². The summed E-state index contributed by atoms with van der Waals surface area (Å²) in [6, 6.07) is 23.3. The highest BCUT2D eigenvalue weighted by Gasteiger charge is 2.36. The molecule has 0 aliphatic heterocycles. The number of rotatable bonds is 5. The van der Waals surface area contributed by atoms with Gasteiger partial charge in [-0.15, -0.1) is 4.31 Å². The second-order valence-electron chi connectivity index (χ2n) is 6.91. The lowest BCUT2D eigenvalue weighted by molar-refractivity contribution is 0.222. The number of hydrogen-bond acceptors (Lipinski definition) is 4.